The smallest absolute Gasteiger partial charge is 0.278 e. The second kappa shape index (κ2) is 8.82. The van der Waals surface area contributed by atoms with Crippen LogP contribution in [0, 0.1) is 13.8 Å². The number of hydrogen-bond donors (Lipinski definition) is 0. The lowest BCUT2D eigenvalue weighted by atomic mass is 9.97. The minimum absolute atomic E-state index is 0.217. The Labute approximate surface area is 200 Å². The molecule has 0 radical (unpaired) electrons. The first-order valence-electron chi connectivity index (χ1n) is 11.6. The van der Waals surface area contributed by atoms with E-state index < -0.39 is 0 Å². The molecular formula is C29H28N2O3. The summed E-state index contributed by atoms with van der Waals surface area (Å²) in [5, 5.41) is 0. The Morgan fingerprint density at radius 3 is 2.38 bits per heavy atom. The summed E-state index contributed by atoms with van der Waals surface area (Å²) in [6, 6.07) is 21.6. The lowest BCUT2D eigenvalue weighted by Gasteiger charge is -2.32. The number of hydrogen-bond acceptors (Lipinski definition) is 4. The number of para-hydroxylation sites is 1. The van der Waals surface area contributed by atoms with E-state index in [-0.39, 0.29) is 18.4 Å². The molecule has 5 heteroatoms. The second-order valence-corrected chi connectivity index (χ2v) is 8.95. The van der Waals surface area contributed by atoms with Gasteiger partial charge >= 0.3 is 0 Å². The van der Waals surface area contributed by atoms with Gasteiger partial charge in [-0.1, -0.05) is 48.5 Å². The molecule has 3 aromatic carbocycles. The van der Waals surface area contributed by atoms with E-state index >= 15 is 0 Å². The molecule has 0 aliphatic carbocycles. The Morgan fingerprint density at radius 2 is 1.65 bits per heavy atom. The van der Waals surface area contributed by atoms with Crippen LogP contribution in [0.15, 0.2) is 72.4 Å². The fourth-order valence-electron chi connectivity index (χ4n) is 4.79. The third kappa shape index (κ3) is 3.77. The van der Waals surface area contributed by atoms with Gasteiger partial charge in [-0.25, -0.2) is 0 Å². The van der Waals surface area contributed by atoms with Crippen LogP contribution in [0.1, 0.15) is 34.2 Å². The fourth-order valence-corrected chi connectivity index (χ4v) is 4.79. The van der Waals surface area contributed by atoms with Crippen molar-refractivity contribution in [2.24, 2.45) is 0 Å². The van der Waals surface area contributed by atoms with Crippen molar-refractivity contribution >= 4 is 23.1 Å². The Bertz CT molecular complexity index is 1310. The van der Waals surface area contributed by atoms with Crippen LogP contribution >= 0.6 is 0 Å². The van der Waals surface area contributed by atoms with Crippen LogP contribution in [-0.2, 0) is 22.6 Å². The average Bonchev–Trinajstić information content (AvgIpc) is 3.10. The number of fused-ring (bicyclic) bond motifs is 1. The van der Waals surface area contributed by atoms with E-state index in [1.54, 1.807) is 7.11 Å². The zero-order valence-electron chi connectivity index (χ0n) is 19.8. The van der Waals surface area contributed by atoms with E-state index in [1.807, 2.05) is 74.5 Å². The molecule has 5 nitrogen and oxygen atoms in total. The maximum absolute atomic E-state index is 13.9. The van der Waals surface area contributed by atoms with Gasteiger partial charge < -0.3 is 9.64 Å². The van der Waals surface area contributed by atoms with Crippen molar-refractivity contribution < 1.29 is 14.3 Å². The van der Waals surface area contributed by atoms with E-state index in [0.717, 1.165) is 46.5 Å². The van der Waals surface area contributed by atoms with E-state index in [1.165, 1.54) is 10.5 Å². The number of anilines is 1. The predicted molar refractivity (Wildman–Crippen MR) is 133 cm³/mol. The molecule has 0 saturated heterocycles. The highest BCUT2D eigenvalue weighted by Crippen LogP contribution is 2.38. The number of carbonyl (C=O) groups is 2. The molecule has 5 rings (SSSR count). The van der Waals surface area contributed by atoms with Crippen molar-refractivity contribution in [3.8, 4) is 5.75 Å². The molecule has 0 atom stereocenters. The van der Waals surface area contributed by atoms with Crippen LogP contribution in [0.4, 0.5) is 5.69 Å². The normalized spacial score (nSPS) is 15.7. The van der Waals surface area contributed by atoms with E-state index in [2.05, 4.69) is 11.0 Å². The number of amides is 2. The lowest BCUT2D eigenvalue weighted by Crippen LogP contribution is -2.36. The van der Waals surface area contributed by atoms with E-state index in [0.29, 0.717) is 17.8 Å². The summed E-state index contributed by atoms with van der Waals surface area (Å²) in [6.45, 7) is 5.00. The minimum Gasteiger partial charge on any atom is -0.497 e. The van der Waals surface area contributed by atoms with Crippen LogP contribution in [0.2, 0.25) is 0 Å². The highest BCUT2D eigenvalue weighted by atomic mass is 16.5. The van der Waals surface area contributed by atoms with Crippen LogP contribution in [-0.4, -0.2) is 30.4 Å². The number of carbonyl (C=O) groups excluding carboxylic acids is 2. The van der Waals surface area contributed by atoms with Gasteiger partial charge in [0.25, 0.3) is 11.8 Å². The molecule has 0 spiro atoms. The van der Waals surface area contributed by atoms with Crippen molar-refractivity contribution in [3.63, 3.8) is 0 Å². The number of nitrogens with zero attached hydrogens (tertiary/aromatic N) is 2. The van der Waals surface area contributed by atoms with Crippen molar-refractivity contribution in [2.75, 3.05) is 18.6 Å². The SMILES string of the molecule is COc1ccc(CN2C(=O)C(c3ccc(C)c(C)c3)=C(N3CCCc4ccccc43)C2=O)cc1. The summed E-state index contributed by atoms with van der Waals surface area (Å²) in [6.07, 6.45) is 1.90. The Kier molecular flexibility index (Phi) is 5.70. The molecule has 0 saturated carbocycles. The average molecular weight is 453 g/mol. The van der Waals surface area contributed by atoms with Crippen LogP contribution in [0.3, 0.4) is 0 Å². The molecule has 2 aliphatic rings. The zero-order valence-corrected chi connectivity index (χ0v) is 19.8. The van der Waals surface area contributed by atoms with Crippen molar-refractivity contribution in [3.05, 3.63) is 100 Å². The number of rotatable bonds is 5. The standard InChI is InChI=1S/C29H28N2O3/c1-19-10-13-23(17-20(19)2)26-27(30-16-6-8-22-7-4-5-9-25(22)30)29(33)31(28(26)32)18-21-11-14-24(34-3)15-12-21/h4-5,7,9-15,17H,6,8,16,18H2,1-3H3. The van der Waals surface area contributed by atoms with Gasteiger partial charge in [0, 0.05) is 12.2 Å². The third-order valence-corrected chi connectivity index (χ3v) is 6.82. The molecule has 0 aromatic heterocycles. The molecule has 0 unspecified atom stereocenters. The van der Waals surface area contributed by atoms with Crippen molar-refractivity contribution in [1.29, 1.82) is 0 Å². The molecule has 2 amide bonds. The van der Waals surface area contributed by atoms with Gasteiger partial charge in [0.2, 0.25) is 0 Å². The predicted octanol–water partition coefficient (Wildman–Crippen LogP) is 5.04. The van der Waals surface area contributed by atoms with Gasteiger partial charge in [0.1, 0.15) is 11.4 Å². The molecule has 0 bridgehead atoms. The molecule has 34 heavy (non-hydrogen) atoms. The zero-order chi connectivity index (χ0) is 23.8. The summed E-state index contributed by atoms with van der Waals surface area (Å²) < 4.78 is 5.24. The first-order chi connectivity index (χ1) is 16.5. The topological polar surface area (TPSA) is 49.9 Å². The summed E-state index contributed by atoms with van der Waals surface area (Å²) in [7, 11) is 1.62. The molecule has 0 N–H and O–H groups in total. The molecule has 172 valence electrons. The van der Waals surface area contributed by atoms with Gasteiger partial charge in [-0.2, -0.15) is 0 Å². The van der Waals surface area contributed by atoms with Gasteiger partial charge in [0.15, 0.2) is 0 Å². The van der Waals surface area contributed by atoms with Gasteiger partial charge in [0.05, 0.1) is 19.2 Å². The number of aryl methyl sites for hydroxylation is 3. The summed E-state index contributed by atoms with van der Waals surface area (Å²) in [5.74, 6) is 0.246. The molecule has 2 aliphatic heterocycles. The minimum atomic E-state index is -0.248. The molecule has 3 aromatic rings. The highest BCUT2D eigenvalue weighted by molar-refractivity contribution is 6.36. The maximum Gasteiger partial charge on any atom is 0.278 e. The number of methoxy groups -OCH3 is 1. The number of imide groups is 1. The summed E-state index contributed by atoms with van der Waals surface area (Å²) >= 11 is 0. The van der Waals surface area contributed by atoms with Gasteiger partial charge in [-0.15, -0.1) is 0 Å². The largest absolute Gasteiger partial charge is 0.497 e. The van der Waals surface area contributed by atoms with Gasteiger partial charge in [-0.05, 0) is 72.7 Å². The lowest BCUT2D eigenvalue weighted by molar-refractivity contribution is -0.137. The number of benzene rings is 3. The highest BCUT2D eigenvalue weighted by Gasteiger charge is 2.42. The molecule has 0 fully saturated rings. The maximum atomic E-state index is 13.9. The Balaban J connectivity index is 1.61. The summed E-state index contributed by atoms with van der Waals surface area (Å²) in [5.41, 5.74) is 7.09. The number of ether oxygens (including phenoxy) is 1. The molecular weight excluding hydrogens is 424 g/mol. The van der Waals surface area contributed by atoms with Crippen molar-refractivity contribution in [1.82, 2.24) is 4.90 Å². The van der Waals surface area contributed by atoms with Gasteiger partial charge in [-0.3, -0.25) is 14.5 Å². The Hall–Kier alpha value is -3.86. The van der Waals surface area contributed by atoms with E-state index in [4.69, 9.17) is 4.74 Å². The quantitative estimate of drug-likeness (QED) is 0.509. The molecule has 2 heterocycles. The first-order valence-corrected chi connectivity index (χ1v) is 11.6. The van der Waals surface area contributed by atoms with Crippen LogP contribution < -0.4 is 9.64 Å². The van der Waals surface area contributed by atoms with Crippen LogP contribution in [0.5, 0.6) is 5.75 Å². The second-order valence-electron chi connectivity index (χ2n) is 8.95. The van der Waals surface area contributed by atoms with Crippen molar-refractivity contribution in [2.45, 2.75) is 33.2 Å². The summed E-state index contributed by atoms with van der Waals surface area (Å²) in [4.78, 5) is 31.1. The third-order valence-electron chi connectivity index (χ3n) is 6.82. The fraction of sp³-hybridized carbons (Fsp3) is 0.241. The van der Waals surface area contributed by atoms with E-state index in [9.17, 15) is 9.59 Å². The Morgan fingerprint density at radius 1 is 0.882 bits per heavy atom. The van der Waals surface area contributed by atoms with Crippen LogP contribution in [0.25, 0.3) is 5.57 Å². The monoisotopic (exact) mass is 452 g/mol. The first kappa shape index (κ1) is 22.0.